The van der Waals surface area contributed by atoms with E-state index in [1.165, 1.54) is 5.56 Å². The van der Waals surface area contributed by atoms with Crippen molar-refractivity contribution >= 4 is 5.78 Å². The molecule has 1 aliphatic rings. The lowest BCUT2D eigenvalue weighted by Gasteiger charge is -2.15. The van der Waals surface area contributed by atoms with Gasteiger partial charge in [0, 0.05) is 18.5 Å². The molecular weight excluding hydrogens is 234 g/mol. The standard InChI is InChI=1S/C17H17NO/c18-11-12-4-6-13(7-5-12)15-9-8-14-2-1-3-17(19)16(14)10-15/h4-10H,1-3,11,18H2. The molecule has 0 fully saturated rings. The SMILES string of the molecule is NCc1ccc(-c2ccc3c(c2)C(=O)CCC3)cc1. The summed E-state index contributed by atoms with van der Waals surface area (Å²) in [7, 11) is 0. The van der Waals surface area contributed by atoms with Crippen LogP contribution in [0.3, 0.4) is 0 Å². The Balaban J connectivity index is 2.01. The molecule has 96 valence electrons. The van der Waals surface area contributed by atoms with Crippen LogP contribution >= 0.6 is 0 Å². The number of rotatable bonds is 2. The molecular formula is C17H17NO. The van der Waals surface area contributed by atoms with Crippen LogP contribution in [0, 0.1) is 0 Å². The highest BCUT2D eigenvalue weighted by Crippen LogP contribution is 2.27. The van der Waals surface area contributed by atoms with Crippen molar-refractivity contribution in [2.75, 3.05) is 0 Å². The van der Waals surface area contributed by atoms with Gasteiger partial charge in [-0.3, -0.25) is 4.79 Å². The first-order valence-electron chi connectivity index (χ1n) is 6.73. The van der Waals surface area contributed by atoms with Gasteiger partial charge in [0.1, 0.15) is 0 Å². The van der Waals surface area contributed by atoms with E-state index in [0.717, 1.165) is 35.1 Å². The lowest BCUT2D eigenvalue weighted by molar-refractivity contribution is 0.0972. The van der Waals surface area contributed by atoms with Crippen molar-refractivity contribution in [1.82, 2.24) is 0 Å². The maximum atomic E-state index is 12.0. The molecule has 0 aromatic heterocycles. The highest BCUT2D eigenvalue weighted by molar-refractivity contribution is 5.99. The van der Waals surface area contributed by atoms with Crippen LogP contribution in [-0.2, 0) is 13.0 Å². The van der Waals surface area contributed by atoms with Crippen molar-refractivity contribution in [3.05, 3.63) is 59.2 Å². The van der Waals surface area contributed by atoms with Crippen LogP contribution in [0.1, 0.15) is 34.3 Å². The second kappa shape index (κ2) is 4.98. The highest BCUT2D eigenvalue weighted by atomic mass is 16.1. The summed E-state index contributed by atoms with van der Waals surface area (Å²) in [5.41, 5.74) is 11.1. The summed E-state index contributed by atoms with van der Waals surface area (Å²) < 4.78 is 0. The summed E-state index contributed by atoms with van der Waals surface area (Å²) in [4.78, 5) is 12.0. The maximum Gasteiger partial charge on any atom is 0.163 e. The van der Waals surface area contributed by atoms with E-state index in [-0.39, 0.29) is 5.78 Å². The number of carbonyl (C=O) groups is 1. The zero-order chi connectivity index (χ0) is 13.2. The molecule has 0 radical (unpaired) electrons. The third-order valence-corrected chi connectivity index (χ3v) is 3.78. The monoisotopic (exact) mass is 251 g/mol. The summed E-state index contributed by atoms with van der Waals surface area (Å²) in [6.07, 6.45) is 2.69. The van der Waals surface area contributed by atoms with Crippen LogP contribution in [0.25, 0.3) is 11.1 Å². The topological polar surface area (TPSA) is 43.1 Å². The van der Waals surface area contributed by atoms with Gasteiger partial charge < -0.3 is 5.73 Å². The van der Waals surface area contributed by atoms with Gasteiger partial charge in [0.25, 0.3) is 0 Å². The molecule has 1 aliphatic carbocycles. The van der Waals surface area contributed by atoms with Crippen LogP contribution in [0.15, 0.2) is 42.5 Å². The Hall–Kier alpha value is -1.93. The molecule has 2 aromatic carbocycles. The van der Waals surface area contributed by atoms with Crippen LogP contribution in [-0.4, -0.2) is 5.78 Å². The minimum atomic E-state index is 0.279. The minimum Gasteiger partial charge on any atom is -0.326 e. The van der Waals surface area contributed by atoms with Gasteiger partial charge >= 0.3 is 0 Å². The van der Waals surface area contributed by atoms with Gasteiger partial charge in [0.2, 0.25) is 0 Å². The Morgan fingerprint density at radius 3 is 2.42 bits per heavy atom. The van der Waals surface area contributed by atoms with E-state index in [4.69, 9.17) is 5.73 Å². The van der Waals surface area contributed by atoms with E-state index in [2.05, 4.69) is 24.3 Å². The van der Waals surface area contributed by atoms with Crippen molar-refractivity contribution < 1.29 is 4.79 Å². The molecule has 0 unspecified atom stereocenters. The molecule has 2 N–H and O–H groups in total. The van der Waals surface area contributed by atoms with Gasteiger partial charge in [-0.1, -0.05) is 36.4 Å². The van der Waals surface area contributed by atoms with Crippen molar-refractivity contribution in [1.29, 1.82) is 0 Å². The summed E-state index contributed by atoms with van der Waals surface area (Å²) in [5, 5.41) is 0. The van der Waals surface area contributed by atoms with E-state index in [0.29, 0.717) is 13.0 Å². The quantitative estimate of drug-likeness (QED) is 0.889. The second-order valence-corrected chi connectivity index (χ2v) is 5.05. The number of carbonyl (C=O) groups excluding carboxylic acids is 1. The lowest BCUT2D eigenvalue weighted by Crippen LogP contribution is -2.10. The number of aryl methyl sites for hydroxylation is 1. The number of ketones is 1. The number of Topliss-reactive ketones (excluding diaryl/α,β-unsaturated/α-hetero) is 1. The third kappa shape index (κ3) is 2.32. The van der Waals surface area contributed by atoms with E-state index >= 15 is 0 Å². The van der Waals surface area contributed by atoms with Gasteiger partial charge in [0.15, 0.2) is 5.78 Å². The van der Waals surface area contributed by atoms with Crippen LogP contribution in [0.4, 0.5) is 0 Å². The number of hydrogen-bond acceptors (Lipinski definition) is 2. The molecule has 19 heavy (non-hydrogen) atoms. The summed E-state index contributed by atoms with van der Waals surface area (Å²) in [6.45, 7) is 0.558. The maximum absolute atomic E-state index is 12.0. The molecule has 0 saturated heterocycles. The first-order chi connectivity index (χ1) is 9.28. The van der Waals surface area contributed by atoms with Crippen molar-refractivity contribution in [2.45, 2.75) is 25.8 Å². The molecule has 2 nitrogen and oxygen atoms in total. The zero-order valence-electron chi connectivity index (χ0n) is 10.9. The highest BCUT2D eigenvalue weighted by Gasteiger charge is 2.17. The predicted octanol–water partition coefficient (Wildman–Crippen LogP) is 3.33. The first-order valence-corrected chi connectivity index (χ1v) is 6.73. The zero-order valence-corrected chi connectivity index (χ0v) is 10.9. The molecule has 3 rings (SSSR count). The molecule has 0 heterocycles. The Labute approximate surface area is 113 Å². The second-order valence-electron chi connectivity index (χ2n) is 5.05. The first kappa shape index (κ1) is 12.1. The van der Waals surface area contributed by atoms with Crippen LogP contribution in [0.2, 0.25) is 0 Å². The number of benzene rings is 2. The Morgan fingerprint density at radius 1 is 0.947 bits per heavy atom. The Kier molecular flexibility index (Phi) is 3.18. The minimum absolute atomic E-state index is 0.279. The smallest absolute Gasteiger partial charge is 0.163 e. The van der Waals surface area contributed by atoms with Gasteiger partial charge in [0.05, 0.1) is 0 Å². The molecule has 2 aromatic rings. The van der Waals surface area contributed by atoms with Crippen molar-refractivity contribution in [3.8, 4) is 11.1 Å². The molecule has 0 bridgehead atoms. The summed E-state index contributed by atoms with van der Waals surface area (Å²) >= 11 is 0. The third-order valence-electron chi connectivity index (χ3n) is 3.78. The summed E-state index contributed by atoms with van der Waals surface area (Å²) in [5.74, 6) is 0.279. The molecule has 0 spiro atoms. The predicted molar refractivity (Wildman–Crippen MR) is 77.0 cm³/mol. The number of hydrogen-bond donors (Lipinski definition) is 1. The largest absolute Gasteiger partial charge is 0.326 e. The van der Waals surface area contributed by atoms with Crippen molar-refractivity contribution in [2.24, 2.45) is 5.73 Å². The van der Waals surface area contributed by atoms with Gasteiger partial charge in [-0.15, -0.1) is 0 Å². The van der Waals surface area contributed by atoms with E-state index < -0.39 is 0 Å². The molecule has 2 heteroatoms. The summed E-state index contributed by atoms with van der Waals surface area (Å²) in [6, 6.07) is 14.4. The molecule has 0 amide bonds. The van der Waals surface area contributed by atoms with E-state index in [1.807, 2.05) is 18.2 Å². The van der Waals surface area contributed by atoms with E-state index in [9.17, 15) is 4.79 Å². The van der Waals surface area contributed by atoms with Gasteiger partial charge in [-0.2, -0.15) is 0 Å². The van der Waals surface area contributed by atoms with Crippen molar-refractivity contribution in [3.63, 3.8) is 0 Å². The lowest BCUT2D eigenvalue weighted by atomic mass is 9.88. The van der Waals surface area contributed by atoms with Crippen LogP contribution < -0.4 is 5.73 Å². The average molecular weight is 251 g/mol. The fourth-order valence-corrected chi connectivity index (χ4v) is 2.64. The number of nitrogens with two attached hydrogens (primary N) is 1. The average Bonchev–Trinajstić information content (AvgIpc) is 2.47. The molecule has 0 atom stereocenters. The van der Waals surface area contributed by atoms with Crippen LogP contribution in [0.5, 0.6) is 0 Å². The van der Waals surface area contributed by atoms with Gasteiger partial charge in [-0.25, -0.2) is 0 Å². The van der Waals surface area contributed by atoms with E-state index in [1.54, 1.807) is 0 Å². The van der Waals surface area contributed by atoms with Gasteiger partial charge in [-0.05, 0) is 41.2 Å². The fourth-order valence-electron chi connectivity index (χ4n) is 2.64. The number of fused-ring (bicyclic) bond motifs is 1. The Morgan fingerprint density at radius 2 is 1.68 bits per heavy atom. The normalized spacial score (nSPS) is 14.3. The fraction of sp³-hybridized carbons (Fsp3) is 0.235. The molecule has 0 aliphatic heterocycles. The Bertz CT molecular complexity index is 614. The molecule has 0 saturated carbocycles.